The highest BCUT2D eigenvalue weighted by molar-refractivity contribution is 7.17. The summed E-state index contributed by atoms with van der Waals surface area (Å²) >= 11 is 1.45. The van der Waals surface area contributed by atoms with E-state index in [1.165, 1.54) is 18.4 Å². The molecule has 1 heterocycles. The van der Waals surface area contributed by atoms with Crippen molar-refractivity contribution in [3.63, 3.8) is 0 Å². The Morgan fingerprint density at radius 2 is 1.90 bits per heavy atom. The third-order valence-corrected chi connectivity index (χ3v) is 6.35. The molecule has 1 aliphatic carbocycles. The Balaban J connectivity index is 1.71. The predicted molar refractivity (Wildman–Crippen MR) is 117 cm³/mol. The monoisotopic (exact) mass is 429 g/mol. The number of nitrogens with one attached hydrogen (secondary N) is 1. The molecule has 160 valence electrons. The van der Waals surface area contributed by atoms with Gasteiger partial charge in [-0.05, 0) is 57.2 Å². The number of ketones is 1. The van der Waals surface area contributed by atoms with Crippen LogP contribution in [0.5, 0.6) is 5.75 Å². The summed E-state index contributed by atoms with van der Waals surface area (Å²) in [5.41, 5.74) is 2.91. The molecule has 0 saturated heterocycles. The maximum Gasteiger partial charge on any atom is 0.341 e. The van der Waals surface area contributed by atoms with Gasteiger partial charge in [-0.3, -0.25) is 9.59 Å². The van der Waals surface area contributed by atoms with Gasteiger partial charge in [0.15, 0.2) is 5.78 Å². The first-order valence-corrected chi connectivity index (χ1v) is 11.1. The van der Waals surface area contributed by atoms with Crippen molar-refractivity contribution in [3.05, 3.63) is 45.3 Å². The van der Waals surface area contributed by atoms with E-state index in [2.05, 4.69) is 5.32 Å². The van der Waals surface area contributed by atoms with Crippen molar-refractivity contribution in [1.29, 1.82) is 0 Å². The first kappa shape index (κ1) is 22.0. The molecule has 0 bridgehead atoms. The Labute approximate surface area is 180 Å². The lowest BCUT2D eigenvalue weighted by Crippen LogP contribution is -2.16. The summed E-state index contributed by atoms with van der Waals surface area (Å²) in [4.78, 5) is 38.8. The number of carbonyl (C=O) groups is 3. The van der Waals surface area contributed by atoms with Gasteiger partial charge in [-0.15, -0.1) is 11.3 Å². The number of benzene rings is 1. The summed E-state index contributed by atoms with van der Waals surface area (Å²) < 4.78 is 10.5. The average molecular weight is 430 g/mol. The van der Waals surface area contributed by atoms with Gasteiger partial charge in [-0.25, -0.2) is 4.79 Å². The number of hydrogen-bond acceptors (Lipinski definition) is 6. The normalized spacial score (nSPS) is 12.8. The standard InChI is InChI=1S/C23H27NO5S/c1-4-29-23(27)21-15-7-5-6-8-19(15)30-22(21)24-20(26)12-10-17(25)16-13-14(2)9-11-18(16)28-3/h9,11,13H,4-8,10,12H2,1-3H3,(H,24,26). The molecule has 0 unspecified atom stereocenters. The number of ether oxygens (including phenoxy) is 2. The fraction of sp³-hybridized carbons (Fsp3) is 0.435. The second kappa shape index (κ2) is 9.89. The van der Waals surface area contributed by atoms with E-state index in [0.717, 1.165) is 41.7 Å². The molecule has 1 aromatic carbocycles. The van der Waals surface area contributed by atoms with Crippen molar-refractivity contribution in [2.75, 3.05) is 19.0 Å². The SMILES string of the molecule is CCOC(=O)c1c(NC(=O)CCC(=O)c2cc(C)ccc2OC)sc2c1CCCC2. The molecule has 0 spiro atoms. The maximum absolute atomic E-state index is 12.6. The average Bonchev–Trinajstić information content (AvgIpc) is 3.09. The number of carbonyl (C=O) groups excluding carboxylic acids is 3. The zero-order valence-corrected chi connectivity index (χ0v) is 18.4. The Bertz CT molecular complexity index is 963. The van der Waals surface area contributed by atoms with Crippen LogP contribution in [0.25, 0.3) is 0 Å². The Morgan fingerprint density at radius 3 is 2.63 bits per heavy atom. The van der Waals surface area contributed by atoms with E-state index in [-0.39, 0.29) is 31.1 Å². The van der Waals surface area contributed by atoms with E-state index >= 15 is 0 Å². The van der Waals surface area contributed by atoms with E-state index in [1.54, 1.807) is 19.1 Å². The number of esters is 1. The summed E-state index contributed by atoms with van der Waals surface area (Å²) in [6, 6.07) is 5.40. The molecule has 6 nitrogen and oxygen atoms in total. The summed E-state index contributed by atoms with van der Waals surface area (Å²) in [6.45, 7) is 3.95. The van der Waals surface area contributed by atoms with Crippen molar-refractivity contribution in [2.45, 2.75) is 52.4 Å². The zero-order chi connectivity index (χ0) is 21.7. The number of hydrogen-bond donors (Lipinski definition) is 1. The van der Waals surface area contributed by atoms with Crippen molar-refractivity contribution < 1.29 is 23.9 Å². The minimum atomic E-state index is -0.396. The topological polar surface area (TPSA) is 81.7 Å². The quantitative estimate of drug-likeness (QED) is 0.485. The number of rotatable bonds is 8. The van der Waals surface area contributed by atoms with E-state index in [1.807, 2.05) is 13.0 Å². The molecule has 1 N–H and O–H groups in total. The molecule has 3 rings (SSSR count). The highest BCUT2D eigenvalue weighted by atomic mass is 32.1. The number of anilines is 1. The third-order valence-electron chi connectivity index (χ3n) is 5.14. The molecule has 0 saturated carbocycles. The Morgan fingerprint density at radius 1 is 1.13 bits per heavy atom. The number of Topliss-reactive ketones (excluding diaryl/α,β-unsaturated/α-hetero) is 1. The number of aryl methyl sites for hydroxylation is 2. The van der Waals surface area contributed by atoms with Crippen molar-refractivity contribution >= 4 is 34.0 Å². The molecular formula is C23H27NO5S. The largest absolute Gasteiger partial charge is 0.496 e. The van der Waals surface area contributed by atoms with Crippen LogP contribution >= 0.6 is 11.3 Å². The van der Waals surface area contributed by atoms with Crippen molar-refractivity contribution in [3.8, 4) is 5.75 Å². The molecule has 7 heteroatoms. The van der Waals surface area contributed by atoms with Crippen LogP contribution in [0, 0.1) is 6.92 Å². The summed E-state index contributed by atoms with van der Waals surface area (Å²) in [7, 11) is 1.52. The molecule has 30 heavy (non-hydrogen) atoms. The maximum atomic E-state index is 12.6. The van der Waals surface area contributed by atoms with Crippen LogP contribution < -0.4 is 10.1 Å². The van der Waals surface area contributed by atoms with Gasteiger partial charge in [0.25, 0.3) is 0 Å². The minimum Gasteiger partial charge on any atom is -0.496 e. The first-order chi connectivity index (χ1) is 14.4. The fourth-order valence-electron chi connectivity index (χ4n) is 3.66. The molecule has 1 aliphatic rings. The van der Waals surface area contributed by atoms with Gasteiger partial charge < -0.3 is 14.8 Å². The van der Waals surface area contributed by atoms with E-state index in [4.69, 9.17) is 9.47 Å². The van der Waals surface area contributed by atoms with Gasteiger partial charge in [0.1, 0.15) is 10.8 Å². The van der Waals surface area contributed by atoms with E-state index in [0.29, 0.717) is 21.9 Å². The van der Waals surface area contributed by atoms with Crippen molar-refractivity contribution in [2.24, 2.45) is 0 Å². The van der Waals surface area contributed by atoms with Crippen LogP contribution in [-0.2, 0) is 22.4 Å². The Hall–Kier alpha value is -2.67. The number of amides is 1. The van der Waals surface area contributed by atoms with Gasteiger partial charge in [-0.2, -0.15) is 0 Å². The van der Waals surface area contributed by atoms with Gasteiger partial charge in [-0.1, -0.05) is 11.6 Å². The second-order valence-electron chi connectivity index (χ2n) is 7.31. The molecule has 0 fully saturated rings. The van der Waals surface area contributed by atoms with Gasteiger partial charge in [0, 0.05) is 17.7 Å². The number of fused-ring (bicyclic) bond motifs is 1. The lowest BCUT2D eigenvalue weighted by Gasteiger charge is -2.12. The molecule has 2 aromatic rings. The smallest absolute Gasteiger partial charge is 0.341 e. The number of thiophene rings is 1. The Kier molecular flexibility index (Phi) is 7.26. The molecular weight excluding hydrogens is 402 g/mol. The van der Waals surface area contributed by atoms with Gasteiger partial charge in [0.05, 0.1) is 24.8 Å². The molecule has 0 radical (unpaired) electrons. The predicted octanol–water partition coefficient (Wildman–Crippen LogP) is 4.72. The first-order valence-electron chi connectivity index (χ1n) is 10.2. The van der Waals surface area contributed by atoms with Crippen molar-refractivity contribution in [1.82, 2.24) is 0 Å². The fourth-order valence-corrected chi connectivity index (χ4v) is 4.96. The summed E-state index contributed by atoms with van der Waals surface area (Å²) in [5, 5.41) is 3.38. The van der Waals surface area contributed by atoms with Crippen LogP contribution in [0.2, 0.25) is 0 Å². The number of methoxy groups -OCH3 is 1. The lowest BCUT2D eigenvalue weighted by atomic mass is 9.95. The van der Waals surface area contributed by atoms with E-state index < -0.39 is 5.97 Å². The highest BCUT2D eigenvalue weighted by Crippen LogP contribution is 2.38. The van der Waals surface area contributed by atoms with Crippen LogP contribution in [0.15, 0.2) is 18.2 Å². The molecule has 0 aliphatic heterocycles. The molecule has 1 aromatic heterocycles. The van der Waals surface area contributed by atoms with Crippen LogP contribution in [0.3, 0.4) is 0 Å². The van der Waals surface area contributed by atoms with Crippen LogP contribution in [0.1, 0.15) is 69.3 Å². The molecule has 1 amide bonds. The van der Waals surface area contributed by atoms with Crippen LogP contribution in [-0.4, -0.2) is 31.4 Å². The molecule has 0 atom stereocenters. The summed E-state index contributed by atoms with van der Waals surface area (Å²) in [5.74, 6) is -0.338. The summed E-state index contributed by atoms with van der Waals surface area (Å²) in [6.07, 6.45) is 3.92. The second-order valence-corrected chi connectivity index (χ2v) is 8.42. The lowest BCUT2D eigenvalue weighted by molar-refractivity contribution is -0.116. The highest BCUT2D eigenvalue weighted by Gasteiger charge is 2.27. The third kappa shape index (κ3) is 4.90. The van der Waals surface area contributed by atoms with E-state index in [9.17, 15) is 14.4 Å². The zero-order valence-electron chi connectivity index (χ0n) is 17.6. The van der Waals surface area contributed by atoms with Gasteiger partial charge >= 0.3 is 5.97 Å². The van der Waals surface area contributed by atoms with Crippen LogP contribution in [0.4, 0.5) is 5.00 Å². The minimum absolute atomic E-state index is 0.0285. The van der Waals surface area contributed by atoms with Gasteiger partial charge in [0.2, 0.25) is 5.91 Å².